The summed E-state index contributed by atoms with van der Waals surface area (Å²) in [4.78, 5) is 4.52. The van der Waals surface area contributed by atoms with E-state index in [4.69, 9.17) is 11.6 Å². The number of rotatable bonds is 1. The molecule has 0 radical (unpaired) electrons. The second-order valence-corrected chi connectivity index (χ2v) is 4.77. The van der Waals surface area contributed by atoms with Crippen LogP contribution in [0.3, 0.4) is 0 Å². The molecule has 0 saturated heterocycles. The Bertz CT molecular complexity index is 762. The first-order valence-electron chi connectivity index (χ1n) is 5.84. The van der Waals surface area contributed by atoms with Gasteiger partial charge in [-0.05, 0) is 31.5 Å². The maximum absolute atomic E-state index is 13.0. The molecular weight excluding hydrogens is 265 g/mol. The summed E-state index contributed by atoms with van der Waals surface area (Å²) < 4.78 is 14.6. The van der Waals surface area contributed by atoms with Gasteiger partial charge in [-0.2, -0.15) is 5.10 Å². The first-order chi connectivity index (χ1) is 9.08. The van der Waals surface area contributed by atoms with Gasteiger partial charge in [0.2, 0.25) is 0 Å². The van der Waals surface area contributed by atoms with Gasteiger partial charge in [0, 0.05) is 16.8 Å². The fourth-order valence-electron chi connectivity index (χ4n) is 1.98. The van der Waals surface area contributed by atoms with Gasteiger partial charge in [-0.1, -0.05) is 23.7 Å². The average molecular weight is 276 g/mol. The molecule has 3 nitrogen and oxygen atoms in total. The minimum Gasteiger partial charge on any atom is -0.233 e. The number of aromatic nitrogens is 3. The lowest BCUT2D eigenvalue weighted by Crippen LogP contribution is -1.99. The van der Waals surface area contributed by atoms with Crippen LogP contribution >= 0.6 is 11.6 Å². The Morgan fingerprint density at radius 1 is 1.16 bits per heavy atom. The highest BCUT2D eigenvalue weighted by atomic mass is 35.5. The lowest BCUT2D eigenvalue weighted by atomic mass is 10.1. The molecule has 0 N–H and O–H groups in total. The van der Waals surface area contributed by atoms with E-state index in [-0.39, 0.29) is 5.82 Å². The van der Waals surface area contributed by atoms with Gasteiger partial charge in [0.25, 0.3) is 0 Å². The molecule has 0 saturated carbocycles. The lowest BCUT2D eigenvalue weighted by molar-refractivity contribution is 0.628. The van der Waals surface area contributed by atoms with Crippen molar-refractivity contribution in [3.05, 3.63) is 52.7 Å². The van der Waals surface area contributed by atoms with E-state index in [0.717, 1.165) is 22.4 Å². The molecule has 3 rings (SSSR count). The van der Waals surface area contributed by atoms with Gasteiger partial charge in [0.1, 0.15) is 11.0 Å². The molecule has 1 aromatic carbocycles. The van der Waals surface area contributed by atoms with Crippen LogP contribution in [0, 0.1) is 19.7 Å². The van der Waals surface area contributed by atoms with Crippen molar-refractivity contribution in [1.82, 2.24) is 14.6 Å². The van der Waals surface area contributed by atoms with Crippen LogP contribution in [0.25, 0.3) is 16.8 Å². The van der Waals surface area contributed by atoms with E-state index in [0.29, 0.717) is 10.8 Å². The molecule has 5 heteroatoms. The summed E-state index contributed by atoms with van der Waals surface area (Å²) in [5.41, 5.74) is 4.15. The number of aryl methyl sites for hydroxylation is 1. The molecule has 0 unspecified atom stereocenters. The first-order valence-corrected chi connectivity index (χ1v) is 6.22. The Labute approximate surface area is 114 Å². The highest BCUT2D eigenvalue weighted by Gasteiger charge is 2.13. The topological polar surface area (TPSA) is 30.2 Å². The number of benzene rings is 1. The van der Waals surface area contributed by atoms with Crippen molar-refractivity contribution in [2.24, 2.45) is 0 Å². The Morgan fingerprint density at radius 3 is 2.53 bits per heavy atom. The zero-order valence-electron chi connectivity index (χ0n) is 10.5. The molecular formula is C14H11ClFN3. The Morgan fingerprint density at radius 2 is 1.84 bits per heavy atom. The second kappa shape index (κ2) is 4.31. The summed E-state index contributed by atoms with van der Waals surface area (Å²) in [7, 11) is 0. The van der Waals surface area contributed by atoms with Gasteiger partial charge in [0.15, 0.2) is 5.65 Å². The molecule has 0 spiro atoms. The first kappa shape index (κ1) is 12.1. The van der Waals surface area contributed by atoms with Crippen molar-refractivity contribution < 1.29 is 4.39 Å². The molecule has 0 aliphatic heterocycles. The molecule has 2 heterocycles. The predicted molar refractivity (Wildman–Crippen MR) is 72.9 cm³/mol. The van der Waals surface area contributed by atoms with Gasteiger partial charge in [-0.25, -0.2) is 13.9 Å². The number of hydrogen-bond donors (Lipinski definition) is 0. The van der Waals surface area contributed by atoms with E-state index in [2.05, 4.69) is 10.1 Å². The SMILES string of the molecule is Cc1nc2c(-c3ccc(F)cc3)cnn2c(Cl)c1C. The van der Waals surface area contributed by atoms with Crippen LogP contribution in [0.1, 0.15) is 11.3 Å². The fourth-order valence-corrected chi connectivity index (χ4v) is 2.24. The van der Waals surface area contributed by atoms with E-state index < -0.39 is 0 Å². The molecule has 0 bridgehead atoms. The zero-order valence-corrected chi connectivity index (χ0v) is 11.2. The summed E-state index contributed by atoms with van der Waals surface area (Å²) in [6.07, 6.45) is 1.69. The Kier molecular flexibility index (Phi) is 2.75. The molecule has 96 valence electrons. The van der Waals surface area contributed by atoms with Crippen LogP contribution in [-0.4, -0.2) is 14.6 Å². The summed E-state index contributed by atoms with van der Waals surface area (Å²) >= 11 is 6.26. The molecule has 0 atom stereocenters. The Balaban J connectivity index is 2.29. The maximum atomic E-state index is 13.0. The van der Waals surface area contributed by atoms with Gasteiger partial charge in [-0.15, -0.1) is 0 Å². The van der Waals surface area contributed by atoms with Crippen molar-refractivity contribution in [3.8, 4) is 11.1 Å². The molecule has 19 heavy (non-hydrogen) atoms. The standard InChI is InChI=1S/C14H11ClFN3/c1-8-9(2)18-14-12(7-17-19(14)13(8)15)10-3-5-11(16)6-4-10/h3-7H,1-2H3. The van der Waals surface area contributed by atoms with Gasteiger partial charge < -0.3 is 0 Å². The Hall–Kier alpha value is -1.94. The largest absolute Gasteiger partial charge is 0.233 e. The van der Waals surface area contributed by atoms with Crippen LogP contribution < -0.4 is 0 Å². The van der Waals surface area contributed by atoms with E-state index in [1.807, 2.05) is 13.8 Å². The van der Waals surface area contributed by atoms with Gasteiger partial charge in [-0.3, -0.25) is 0 Å². The second-order valence-electron chi connectivity index (χ2n) is 4.41. The van der Waals surface area contributed by atoms with Gasteiger partial charge in [0.05, 0.1) is 6.20 Å². The molecule has 3 aromatic rings. The normalized spacial score (nSPS) is 11.2. The van der Waals surface area contributed by atoms with Crippen molar-refractivity contribution in [2.75, 3.05) is 0 Å². The van der Waals surface area contributed by atoms with E-state index in [9.17, 15) is 4.39 Å². The van der Waals surface area contributed by atoms with Gasteiger partial charge >= 0.3 is 0 Å². The third-order valence-corrected chi connectivity index (χ3v) is 3.65. The molecule has 0 aliphatic carbocycles. The van der Waals surface area contributed by atoms with Crippen LogP contribution in [0.2, 0.25) is 5.15 Å². The quantitative estimate of drug-likeness (QED) is 0.632. The van der Waals surface area contributed by atoms with E-state index >= 15 is 0 Å². The molecule has 0 aliphatic rings. The molecule has 0 fully saturated rings. The third kappa shape index (κ3) is 1.88. The van der Waals surface area contributed by atoms with E-state index in [1.165, 1.54) is 12.1 Å². The minimum atomic E-state index is -0.266. The van der Waals surface area contributed by atoms with E-state index in [1.54, 1.807) is 22.8 Å². The highest BCUT2D eigenvalue weighted by Crippen LogP contribution is 2.27. The average Bonchev–Trinajstić information content (AvgIpc) is 2.81. The molecule has 0 amide bonds. The van der Waals surface area contributed by atoms with Crippen LogP contribution in [-0.2, 0) is 0 Å². The summed E-state index contributed by atoms with van der Waals surface area (Å²) in [5.74, 6) is -0.266. The number of nitrogens with zero attached hydrogens (tertiary/aromatic N) is 3. The minimum absolute atomic E-state index is 0.266. The number of hydrogen-bond acceptors (Lipinski definition) is 2. The predicted octanol–water partition coefficient (Wildman–Crippen LogP) is 3.81. The van der Waals surface area contributed by atoms with Crippen molar-refractivity contribution in [1.29, 1.82) is 0 Å². The van der Waals surface area contributed by atoms with Crippen molar-refractivity contribution in [2.45, 2.75) is 13.8 Å². The molecule has 2 aromatic heterocycles. The van der Waals surface area contributed by atoms with Crippen LogP contribution in [0.15, 0.2) is 30.5 Å². The maximum Gasteiger partial charge on any atom is 0.164 e. The van der Waals surface area contributed by atoms with Crippen molar-refractivity contribution in [3.63, 3.8) is 0 Å². The monoisotopic (exact) mass is 275 g/mol. The number of halogens is 2. The number of fused-ring (bicyclic) bond motifs is 1. The highest BCUT2D eigenvalue weighted by molar-refractivity contribution is 6.30. The van der Waals surface area contributed by atoms with Crippen LogP contribution in [0.5, 0.6) is 0 Å². The van der Waals surface area contributed by atoms with Crippen LogP contribution in [0.4, 0.5) is 4.39 Å². The van der Waals surface area contributed by atoms with Crippen molar-refractivity contribution >= 4 is 17.2 Å². The summed E-state index contributed by atoms with van der Waals surface area (Å²) in [6.45, 7) is 3.81. The lowest BCUT2D eigenvalue weighted by Gasteiger charge is -2.05. The summed E-state index contributed by atoms with van der Waals surface area (Å²) in [6, 6.07) is 6.25. The smallest absolute Gasteiger partial charge is 0.164 e. The summed E-state index contributed by atoms with van der Waals surface area (Å²) in [5, 5.41) is 4.80. The third-order valence-electron chi connectivity index (χ3n) is 3.21. The zero-order chi connectivity index (χ0) is 13.6. The fraction of sp³-hybridized carbons (Fsp3) is 0.143.